The van der Waals surface area contributed by atoms with Crippen molar-refractivity contribution in [2.45, 2.75) is 25.4 Å². The standard InChI is InChI=1S/C24H21F3NO2P/c25-24(26,27)22(29)17-10-18-23(30)28-31(19-11-4-1-5-12-19,20-13-6-2-7-14-20)21-15-8-3-9-16-21/h1-9,11-16H,10,17-18H2. The van der Waals surface area contributed by atoms with Crippen molar-refractivity contribution in [2.75, 3.05) is 0 Å². The van der Waals surface area contributed by atoms with Crippen LogP contribution < -0.4 is 15.9 Å². The molecule has 0 saturated heterocycles. The summed E-state index contributed by atoms with van der Waals surface area (Å²) in [7, 11) is -2.74. The zero-order valence-electron chi connectivity index (χ0n) is 16.6. The van der Waals surface area contributed by atoms with E-state index < -0.39 is 31.3 Å². The average Bonchev–Trinajstić information content (AvgIpc) is 2.78. The van der Waals surface area contributed by atoms with E-state index in [0.717, 1.165) is 15.9 Å². The minimum atomic E-state index is -4.88. The quantitative estimate of drug-likeness (QED) is 0.483. The van der Waals surface area contributed by atoms with E-state index in [9.17, 15) is 22.8 Å². The molecule has 0 aromatic heterocycles. The molecule has 3 nitrogen and oxygen atoms in total. The van der Waals surface area contributed by atoms with Crippen molar-refractivity contribution in [1.29, 1.82) is 0 Å². The zero-order chi connectivity index (χ0) is 22.3. The third-order valence-corrected chi connectivity index (χ3v) is 8.42. The molecule has 3 aromatic carbocycles. The Morgan fingerprint density at radius 3 is 1.42 bits per heavy atom. The fraction of sp³-hybridized carbons (Fsp3) is 0.167. The van der Waals surface area contributed by atoms with Gasteiger partial charge in [-0.1, -0.05) is 91.0 Å². The van der Waals surface area contributed by atoms with Crippen molar-refractivity contribution in [2.24, 2.45) is 4.74 Å². The summed E-state index contributed by atoms with van der Waals surface area (Å²) in [5, 5.41) is 2.60. The third kappa shape index (κ3) is 5.39. The minimum Gasteiger partial charge on any atom is -0.290 e. The number of halogens is 3. The molecule has 0 bridgehead atoms. The summed E-state index contributed by atoms with van der Waals surface area (Å²) in [5.41, 5.74) is 0. The molecular weight excluding hydrogens is 422 g/mol. The van der Waals surface area contributed by atoms with Crippen LogP contribution in [-0.4, -0.2) is 17.9 Å². The molecule has 0 aliphatic heterocycles. The van der Waals surface area contributed by atoms with Crippen LogP contribution in [0.5, 0.6) is 0 Å². The van der Waals surface area contributed by atoms with Crippen LogP contribution in [-0.2, 0) is 9.59 Å². The molecule has 0 radical (unpaired) electrons. The first-order chi connectivity index (χ1) is 14.8. The van der Waals surface area contributed by atoms with Gasteiger partial charge in [-0.05, 0) is 6.42 Å². The molecule has 0 atom stereocenters. The molecule has 0 spiro atoms. The number of ketones is 1. The maximum absolute atomic E-state index is 12.9. The van der Waals surface area contributed by atoms with E-state index in [4.69, 9.17) is 0 Å². The fourth-order valence-electron chi connectivity index (χ4n) is 3.31. The number of carbonyl (C=O) groups is 2. The van der Waals surface area contributed by atoms with Gasteiger partial charge in [-0.25, -0.2) is 4.74 Å². The van der Waals surface area contributed by atoms with E-state index in [2.05, 4.69) is 4.74 Å². The van der Waals surface area contributed by atoms with Crippen LogP contribution in [0.2, 0.25) is 0 Å². The number of benzene rings is 3. The van der Waals surface area contributed by atoms with Gasteiger partial charge >= 0.3 is 6.18 Å². The monoisotopic (exact) mass is 443 g/mol. The van der Waals surface area contributed by atoms with Gasteiger partial charge in [0.2, 0.25) is 11.7 Å². The molecule has 0 N–H and O–H groups in total. The Kier molecular flexibility index (Phi) is 7.24. The minimum absolute atomic E-state index is 0.195. The number of amides is 1. The van der Waals surface area contributed by atoms with E-state index in [0.29, 0.717) is 0 Å². The number of Topliss-reactive ketones (excluding diaryl/α,β-unsaturated/α-hetero) is 1. The number of alkyl halides is 3. The largest absolute Gasteiger partial charge is 0.449 e. The number of carbonyl (C=O) groups excluding carboxylic acids is 2. The summed E-state index contributed by atoms with van der Waals surface area (Å²) in [6, 6.07) is 28.3. The molecule has 0 saturated carbocycles. The lowest BCUT2D eigenvalue weighted by atomic mass is 10.1. The van der Waals surface area contributed by atoms with Gasteiger partial charge < -0.3 is 0 Å². The molecule has 0 aliphatic carbocycles. The van der Waals surface area contributed by atoms with Crippen molar-refractivity contribution in [3.63, 3.8) is 0 Å². The lowest BCUT2D eigenvalue weighted by Crippen LogP contribution is -2.26. The van der Waals surface area contributed by atoms with Crippen LogP contribution in [0.1, 0.15) is 19.3 Å². The molecule has 160 valence electrons. The van der Waals surface area contributed by atoms with Crippen LogP contribution in [0.4, 0.5) is 13.2 Å². The van der Waals surface area contributed by atoms with Crippen molar-refractivity contribution < 1.29 is 22.8 Å². The Labute approximate surface area is 179 Å². The van der Waals surface area contributed by atoms with Crippen LogP contribution >= 0.6 is 7.05 Å². The van der Waals surface area contributed by atoms with Crippen LogP contribution in [0.15, 0.2) is 95.7 Å². The average molecular weight is 443 g/mol. The number of rotatable bonds is 7. The second kappa shape index (κ2) is 9.88. The SMILES string of the molecule is O=C(CCCC(=O)C(F)(F)F)N=P(c1ccccc1)(c1ccccc1)c1ccccc1. The highest BCUT2D eigenvalue weighted by Crippen LogP contribution is 2.46. The topological polar surface area (TPSA) is 46.5 Å². The van der Waals surface area contributed by atoms with Gasteiger partial charge in [-0.3, -0.25) is 9.59 Å². The normalized spacial score (nSPS) is 11.7. The van der Waals surface area contributed by atoms with E-state index in [1.807, 2.05) is 91.0 Å². The summed E-state index contributed by atoms with van der Waals surface area (Å²) < 4.78 is 42.0. The van der Waals surface area contributed by atoms with Crippen molar-refractivity contribution in [3.8, 4) is 0 Å². The van der Waals surface area contributed by atoms with Gasteiger partial charge in [0.05, 0.1) is 7.05 Å². The molecule has 7 heteroatoms. The maximum Gasteiger partial charge on any atom is 0.449 e. The summed E-state index contributed by atoms with van der Waals surface area (Å²) in [4.78, 5) is 24.0. The molecule has 0 aliphatic rings. The highest BCUT2D eigenvalue weighted by molar-refractivity contribution is 7.87. The summed E-state index contributed by atoms with van der Waals surface area (Å²) in [5.74, 6) is -2.34. The van der Waals surface area contributed by atoms with E-state index >= 15 is 0 Å². The van der Waals surface area contributed by atoms with Gasteiger partial charge in [0.25, 0.3) is 0 Å². The highest BCUT2D eigenvalue weighted by Gasteiger charge is 2.37. The molecule has 3 aromatic rings. The molecule has 0 unspecified atom stereocenters. The van der Waals surface area contributed by atoms with Crippen LogP contribution in [0.25, 0.3) is 0 Å². The second-order valence-corrected chi connectivity index (χ2v) is 9.93. The number of nitrogens with zero attached hydrogens (tertiary/aromatic N) is 1. The van der Waals surface area contributed by atoms with Gasteiger partial charge in [0.15, 0.2) is 0 Å². The van der Waals surface area contributed by atoms with Crippen molar-refractivity contribution in [3.05, 3.63) is 91.0 Å². The van der Waals surface area contributed by atoms with Crippen LogP contribution in [0, 0.1) is 0 Å². The summed E-state index contributed by atoms with van der Waals surface area (Å²) in [6.07, 6.45) is -6.03. The van der Waals surface area contributed by atoms with Crippen molar-refractivity contribution in [1.82, 2.24) is 0 Å². The van der Waals surface area contributed by atoms with Crippen LogP contribution in [0.3, 0.4) is 0 Å². The van der Waals surface area contributed by atoms with E-state index in [-0.39, 0.29) is 12.8 Å². The van der Waals surface area contributed by atoms with Gasteiger partial charge in [-0.15, -0.1) is 0 Å². The first kappa shape index (κ1) is 22.7. The predicted octanol–water partition coefficient (Wildman–Crippen LogP) is 4.99. The zero-order valence-corrected chi connectivity index (χ0v) is 17.5. The fourth-order valence-corrected chi connectivity index (χ4v) is 6.80. The number of hydrogen-bond donors (Lipinski definition) is 0. The third-order valence-electron chi connectivity index (χ3n) is 4.76. The Bertz CT molecular complexity index is 979. The van der Waals surface area contributed by atoms with E-state index in [1.165, 1.54) is 0 Å². The summed E-state index contributed by atoms with van der Waals surface area (Å²) >= 11 is 0. The molecule has 31 heavy (non-hydrogen) atoms. The lowest BCUT2D eigenvalue weighted by molar-refractivity contribution is -0.171. The molecule has 3 rings (SSSR count). The maximum atomic E-state index is 12.9. The van der Waals surface area contributed by atoms with Gasteiger partial charge in [0, 0.05) is 28.8 Å². The van der Waals surface area contributed by atoms with Gasteiger partial charge in [-0.2, -0.15) is 13.2 Å². The Hall–Kier alpha value is -2.98. The predicted molar refractivity (Wildman–Crippen MR) is 117 cm³/mol. The summed E-state index contributed by atoms with van der Waals surface area (Å²) in [6.45, 7) is 0. The lowest BCUT2D eigenvalue weighted by Gasteiger charge is -2.26. The Balaban J connectivity index is 2.08. The molecule has 1 amide bonds. The Morgan fingerprint density at radius 2 is 1.06 bits per heavy atom. The number of hydrogen-bond acceptors (Lipinski definition) is 2. The molecular formula is C24H21F3NO2P. The smallest absolute Gasteiger partial charge is 0.290 e. The van der Waals surface area contributed by atoms with E-state index in [1.54, 1.807) is 0 Å². The Morgan fingerprint density at radius 1 is 0.677 bits per heavy atom. The second-order valence-electron chi connectivity index (χ2n) is 6.91. The molecule has 0 heterocycles. The highest BCUT2D eigenvalue weighted by atomic mass is 31.2. The van der Waals surface area contributed by atoms with Crippen molar-refractivity contribution >= 4 is 34.7 Å². The first-order valence-corrected chi connectivity index (χ1v) is 11.5. The van der Waals surface area contributed by atoms with Gasteiger partial charge in [0.1, 0.15) is 0 Å². The first-order valence-electron chi connectivity index (χ1n) is 9.76. The molecule has 0 fully saturated rings.